The summed E-state index contributed by atoms with van der Waals surface area (Å²) in [6.45, 7) is 11.5. The Bertz CT molecular complexity index is 422. The van der Waals surface area contributed by atoms with Gasteiger partial charge >= 0.3 is 46.4 Å². The smallest absolute Gasteiger partial charge is 0.303 e. The molecule has 5 nitrogen and oxygen atoms in total. The van der Waals surface area contributed by atoms with Gasteiger partial charge in [0.05, 0.1) is 0 Å². The monoisotopic (exact) mass is 650 g/mol. The molecule has 1 fully saturated rings. The second-order valence-electron chi connectivity index (χ2n) is 12.1. The molecule has 10 heteroatoms. The molecule has 0 N–H and O–H groups in total. The third-order valence-electron chi connectivity index (χ3n) is 7.98. The maximum absolute atomic E-state index is 7.01. The Morgan fingerprint density at radius 2 is 0.425 bits per heavy atom. The molecular weight excluding hydrogens is 581 g/mol. The average molecular weight is 651 g/mol. The van der Waals surface area contributed by atoms with Gasteiger partial charge < -0.3 is 20.6 Å². The van der Waals surface area contributed by atoms with Gasteiger partial charge in [0.2, 0.25) is 0 Å². The lowest BCUT2D eigenvalue weighted by molar-refractivity contribution is 0.276. The van der Waals surface area contributed by atoms with Crippen LogP contribution in [0.4, 0.5) is 0 Å². The van der Waals surface area contributed by atoms with Gasteiger partial charge in [-0.1, -0.05) is 163 Å². The van der Waals surface area contributed by atoms with E-state index in [9.17, 15) is 0 Å². The summed E-state index contributed by atoms with van der Waals surface area (Å²) in [5, 5.41) is 0. The molecule has 0 aromatic heterocycles. The Morgan fingerprint density at radius 1 is 0.250 bits per heavy atom. The molecule has 0 saturated carbocycles. The molecule has 1 saturated heterocycles. The summed E-state index contributed by atoms with van der Waals surface area (Å²) in [5.41, 5.74) is 0. The first-order valence-corrected chi connectivity index (χ1v) is 26.7. The molecule has 0 aromatic carbocycles. The van der Waals surface area contributed by atoms with Gasteiger partial charge in [0, 0.05) is 0 Å². The van der Waals surface area contributed by atoms with Crippen LogP contribution in [-0.2, 0) is 20.6 Å². The molecule has 1 aliphatic heterocycles. The molecule has 1 heterocycles. The van der Waals surface area contributed by atoms with Crippen molar-refractivity contribution in [1.82, 2.24) is 0 Å². The van der Waals surface area contributed by atoms with E-state index in [1.54, 1.807) is 0 Å². The van der Waals surface area contributed by atoms with Crippen molar-refractivity contribution in [3.8, 4) is 0 Å². The van der Waals surface area contributed by atoms with Crippen LogP contribution in [0.15, 0.2) is 0 Å². The van der Waals surface area contributed by atoms with Gasteiger partial charge in [-0.3, -0.25) is 0 Å². The van der Waals surface area contributed by atoms with Gasteiger partial charge in [-0.25, -0.2) is 0 Å². The standard InChI is InChI=1S/C30H70O5Si5/c1-6-11-16-21-26-36-31-37(27-22-17-12-7-2)33-39(29-24-19-14-9-4)35-40(30-25-20-15-10-5)34-38(32-36)28-23-18-13-8-3/h36-40H,6-30H2,1-5H3. The third-order valence-corrected chi connectivity index (χ3v) is 24.5. The number of hydrogen-bond acceptors (Lipinski definition) is 5. The molecule has 0 amide bonds. The summed E-state index contributed by atoms with van der Waals surface area (Å²) < 4.78 is 35.0. The molecule has 0 bridgehead atoms. The van der Waals surface area contributed by atoms with E-state index in [0.29, 0.717) is 0 Å². The van der Waals surface area contributed by atoms with Crippen molar-refractivity contribution in [1.29, 1.82) is 0 Å². The van der Waals surface area contributed by atoms with E-state index in [2.05, 4.69) is 34.6 Å². The van der Waals surface area contributed by atoms with Crippen LogP contribution < -0.4 is 0 Å². The predicted octanol–water partition coefficient (Wildman–Crippen LogP) is 9.09. The van der Waals surface area contributed by atoms with Crippen molar-refractivity contribution in [3.63, 3.8) is 0 Å². The minimum atomic E-state index is -1.79. The summed E-state index contributed by atoms with van der Waals surface area (Å²) in [5.74, 6) is 0. The Hall–Kier alpha value is 0.884. The number of rotatable bonds is 25. The van der Waals surface area contributed by atoms with Crippen molar-refractivity contribution in [2.24, 2.45) is 0 Å². The van der Waals surface area contributed by atoms with Crippen LogP contribution in [0, 0.1) is 0 Å². The van der Waals surface area contributed by atoms with Gasteiger partial charge in [-0.05, 0) is 30.2 Å². The molecule has 0 atom stereocenters. The minimum Gasteiger partial charge on any atom is -0.420 e. The number of hydrogen-bond donors (Lipinski definition) is 0. The summed E-state index contributed by atoms with van der Waals surface area (Å²) >= 11 is 0. The molecule has 0 aromatic rings. The van der Waals surface area contributed by atoms with E-state index in [0.717, 1.165) is 30.2 Å². The Morgan fingerprint density at radius 3 is 0.575 bits per heavy atom. The maximum atomic E-state index is 7.01. The second kappa shape index (κ2) is 28.6. The molecule has 240 valence electrons. The van der Waals surface area contributed by atoms with Gasteiger partial charge in [0.25, 0.3) is 0 Å². The fourth-order valence-corrected chi connectivity index (χ4v) is 24.9. The molecule has 0 radical (unpaired) electrons. The van der Waals surface area contributed by atoms with Crippen molar-refractivity contribution >= 4 is 46.4 Å². The Kier molecular flexibility index (Phi) is 27.9. The largest absolute Gasteiger partial charge is 0.420 e. The Labute approximate surface area is 259 Å². The first-order valence-electron chi connectivity index (χ1n) is 17.9. The van der Waals surface area contributed by atoms with E-state index in [4.69, 9.17) is 20.6 Å². The predicted molar refractivity (Wildman–Crippen MR) is 186 cm³/mol. The topological polar surface area (TPSA) is 46.2 Å². The van der Waals surface area contributed by atoms with Gasteiger partial charge in [0.15, 0.2) is 0 Å². The highest BCUT2D eigenvalue weighted by Crippen LogP contribution is 2.23. The van der Waals surface area contributed by atoms with E-state index >= 15 is 0 Å². The van der Waals surface area contributed by atoms with Crippen LogP contribution in [0.25, 0.3) is 0 Å². The van der Waals surface area contributed by atoms with E-state index in [1.165, 1.54) is 128 Å². The lowest BCUT2D eigenvalue weighted by Gasteiger charge is -2.34. The first-order chi connectivity index (χ1) is 19.7. The van der Waals surface area contributed by atoms with Gasteiger partial charge in [-0.15, -0.1) is 0 Å². The van der Waals surface area contributed by atoms with Gasteiger partial charge in [-0.2, -0.15) is 0 Å². The normalized spacial score (nSPS) is 24.4. The zero-order valence-electron chi connectivity index (χ0n) is 27.6. The fraction of sp³-hybridized carbons (Fsp3) is 1.00. The molecular formula is C30H70O5Si5. The van der Waals surface area contributed by atoms with Crippen LogP contribution in [0.2, 0.25) is 30.2 Å². The van der Waals surface area contributed by atoms with Crippen molar-refractivity contribution in [3.05, 3.63) is 0 Å². The lowest BCUT2D eigenvalue weighted by Crippen LogP contribution is -2.48. The van der Waals surface area contributed by atoms with Crippen molar-refractivity contribution < 1.29 is 20.6 Å². The molecule has 0 unspecified atom stereocenters. The van der Waals surface area contributed by atoms with Crippen LogP contribution >= 0.6 is 0 Å². The zero-order chi connectivity index (χ0) is 29.1. The molecule has 1 rings (SSSR count). The summed E-state index contributed by atoms with van der Waals surface area (Å²) in [4.78, 5) is 0. The highest BCUT2D eigenvalue weighted by Gasteiger charge is 2.34. The third kappa shape index (κ3) is 21.6. The average Bonchev–Trinajstić information content (AvgIpc) is 2.95. The van der Waals surface area contributed by atoms with Crippen molar-refractivity contribution in [2.75, 3.05) is 0 Å². The molecule has 1 aliphatic rings. The fourth-order valence-electron chi connectivity index (χ4n) is 5.38. The van der Waals surface area contributed by atoms with Crippen LogP contribution in [0.3, 0.4) is 0 Å². The molecule has 40 heavy (non-hydrogen) atoms. The summed E-state index contributed by atoms with van der Waals surface area (Å²) in [6, 6.07) is 5.67. The summed E-state index contributed by atoms with van der Waals surface area (Å²) in [7, 11) is -8.97. The number of unbranched alkanes of at least 4 members (excludes halogenated alkanes) is 15. The van der Waals surface area contributed by atoms with Crippen LogP contribution in [0.5, 0.6) is 0 Å². The second-order valence-corrected chi connectivity index (χ2v) is 24.7. The van der Waals surface area contributed by atoms with Gasteiger partial charge in [0.1, 0.15) is 0 Å². The van der Waals surface area contributed by atoms with Crippen LogP contribution in [0.1, 0.15) is 163 Å². The van der Waals surface area contributed by atoms with Crippen LogP contribution in [-0.4, -0.2) is 46.4 Å². The summed E-state index contributed by atoms with van der Waals surface area (Å²) in [6.07, 6.45) is 25.7. The van der Waals surface area contributed by atoms with E-state index in [1.807, 2.05) is 0 Å². The highest BCUT2D eigenvalue weighted by atomic mass is 28.5. The maximum Gasteiger partial charge on any atom is 0.303 e. The lowest BCUT2D eigenvalue weighted by atomic mass is 10.2. The van der Waals surface area contributed by atoms with E-state index < -0.39 is 46.4 Å². The minimum absolute atomic E-state index is 1.13. The molecule has 0 aliphatic carbocycles. The van der Waals surface area contributed by atoms with Crippen molar-refractivity contribution in [2.45, 2.75) is 193 Å². The SMILES string of the molecule is CCCCCC[SiH]1O[SiH](CCCCCC)O[SiH](CCCCCC)O[SiH](CCCCCC)O[SiH](CCCCCC)O1. The highest BCUT2D eigenvalue weighted by molar-refractivity contribution is 6.74. The first kappa shape index (κ1) is 38.9. The van der Waals surface area contributed by atoms with E-state index in [-0.39, 0.29) is 0 Å². The quantitative estimate of drug-likeness (QED) is 0.0729. The Balaban J connectivity index is 3.09. The zero-order valence-corrected chi connectivity index (χ0v) is 33.4. The molecule has 0 spiro atoms.